The van der Waals surface area contributed by atoms with Crippen LogP contribution in [0.25, 0.3) is 0 Å². The van der Waals surface area contributed by atoms with Crippen molar-refractivity contribution in [3.05, 3.63) is 53.5 Å². The molecule has 0 unspecified atom stereocenters. The van der Waals surface area contributed by atoms with E-state index in [-0.39, 0.29) is 17.2 Å². The quantitative estimate of drug-likeness (QED) is 0.899. The van der Waals surface area contributed by atoms with E-state index in [0.29, 0.717) is 12.4 Å². The third-order valence-electron chi connectivity index (χ3n) is 2.85. The number of hydrogen-bond donors (Lipinski definition) is 2. The standard InChI is InChI=1S/C15H16FN3O/c1-3-17-13-11(7-4-8-12(13)16)15(20)19-14-10(2)6-5-9-18-14/h4-9,17H,3H2,1-2H3,(H,18,19,20). The summed E-state index contributed by atoms with van der Waals surface area (Å²) in [6, 6.07) is 8.04. The summed E-state index contributed by atoms with van der Waals surface area (Å²) in [5.74, 6) is -0.358. The van der Waals surface area contributed by atoms with E-state index in [4.69, 9.17) is 0 Å². The van der Waals surface area contributed by atoms with Crippen molar-refractivity contribution in [2.24, 2.45) is 0 Å². The van der Waals surface area contributed by atoms with Crippen LogP contribution in [0.15, 0.2) is 36.5 Å². The van der Waals surface area contributed by atoms with E-state index in [1.807, 2.05) is 19.9 Å². The van der Waals surface area contributed by atoms with Crippen LogP contribution in [-0.4, -0.2) is 17.4 Å². The molecule has 5 heteroatoms. The second kappa shape index (κ2) is 6.14. The fourth-order valence-corrected chi connectivity index (χ4v) is 1.86. The highest BCUT2D eigenvalue weighted by atomic mass is 19.1. The zero-order valence-corrected chi connectivity index (χ0v) is 11.4. The second-order valence-corrected chi connectivity index (χ2v) is 4.32. The van der Waals surface area contributed by atoms with E-state index in [0.717, 1.165) is 5.56 Å². The van der Waals surface area contributed by atoms with Gasteiger partial charge in [0.15, 0.2) is 0 Å². The molecule has 0 bridgehead atoms. The number of para-hydroxylation sites is 1. The molecule has 0 aliphatic rings. The van der Waals surface area contributed by atoms with Crippen molar-refractivity contribution in [2.45, 2.75) is 13.8 Å². The van der Waals surface area contributed by atoms with Gasteiger partial charge in [0.1, 0.15) is 11.6 Å². The van der Waals surface area contributed by atoms with Crippen molar-refractivity contribution in [1.82, 2.24) is 4.98 Å². The first-order valence-corrected chi connectivity index (χ1v) is 6.38. The predicted molar refractivity (Wildman–Crippen MR) is 77.5 cm³/mol. The zero-order chi connectivity index (χ0) is 14.5. The number of hydrogen-bond acceptors (Lipinski definition) is 3. The molecule has 1 heterocycles. The van der Waals surface area contributed by atoms with Crippen molar-refractivity contribution in [3.8, 4) is 0 Å². The highest BCUT2D eigenvalue weighted by molar-refractivity contribution is 6.07. The minimum absolute atomic E-state index is 0.209. The predicted octanol–water partition coefficient (Wildman–Crippen LogP) is 3.21. The van der Waals surface area contributed by atoms with Crippen LogP contribution < -0.4 is 10.6 Å². The monoisotopic (exact) mass is 273 g/mol. The topological polar surface area (TPSA) is 54.0 Å². The van der Waals surface area contributed by atoms with Crippen molar-refractivity contribution >= 4 is 17.4 Å². The molecule has 0 saturated carbocycles. The Morgan fingerprint density at radius 3 is 2.80 bits per heavy atom. The highest BCUT2D eigenvalue weighted by Gasteiger charge is 2.15. The number of halogens is 1. The van der Waals surface area contributed by atoms with Gasteiger partial charge in [-0.05, 0) is 37.6 Å². The average Bonchev–Trinajstić information content (AvgIpc) is 2.43. The van der Waals surface area contributed by atoms with Crippen LogP contribution in [-0.2, 0) is 0 Å². The number of aryl methyl sites for hydroxylation is 1. The van der Waals surface area contributed by atoms with E-state index in [1.54, 1.807) is 18.3 Å². The van der Waals surface area contributed by atoms with Crippen molar-refractivity contribution < 1.29 is 9.18 Å². The number of aromatic nitrogens is 1. The van der Waals surface area contributed by atoms with Crippen molar-refractivity contribution in [1.29, 1.82) is 0 Å². The Kier molecular flexibility index (Phi) is 4.30. The number of pyridine rings is 1. The first kappa shape index (κ1) is 14.0. The number of nitrogens with zero attached hydrogens (tertiary/aromatic N) is 1. The molecule has 2 N–H and O–H groups in total. The third-order valence-corrected chi connectivity index (χ3v) is 2.85. The minimum Gasteiger partial charge on any atom is -0.382 e. The number of anilines is 2. The molecule has 0 saturated heterocycles. The summed E-state index contributed by atoms with van der Waals surface area (Å²) in [5, 5.41) is 5.57. The Morgan fingerprint density at radius 2 is 2.10 bits per heavy atom. The minimum atomic E-state index is -0.447. The van der Waals surface area contributed by atoms with Gasteiger partial charge in [-0.25, -0.2) is 9.37 Å². The molecule has 0 atom stereocenters. The van der Waals surface area contributed by atoms with Crippen LogP contribution in [0.4, 0.5) is 15.9 Å². The van der Waals surface area contributed by atoms with Crippen LogP contribution >= 0.6 is 0 Å². The number of carbonyl (C=O) groups is 1. The Morgan fingerprint density at radius 1 is 1.30 bits per heavy atom. The van der Waals surface area contributed by atoms with Crippen LogP contribution in [0.5, 0.6) is 0 Å². The Balaban J connectivity index is 2.30. The lowest BCUT2D eigenvalue weighted by Gasteiger charge is -2.12. The molecule has 0 fully saturated rings. The molecule has 4 nitrogen and oxygen atoms in total. The van der Waals surface area contributed by atoms with E-state index in [1.165, 1.54) is 12.1 Å². The Hall–Kier alpha value is -2.43. The number of rotatable bonds is 4. The fourth-order valence-electron chi connectivity index (χ4n) is 1.86. The van der Waals surface area contributed by atoms with Crippen LogP contribution in [0.2, 0.25) is 0 Å². The van der Waals surface area contributed by atoms with E-state index >= 15 is 0 Å². The molecule has 0 aliphatic heterocycles. The summed E-state index contributed by atoms with van der Waals surface area (Å²) in [6.45, 7) is 4.22. The average molecular weight is 273 g/mol. The maximum Gasteiger partial charge on any atom is 0.259 e. The molecular weight excluding hydrogens is 257 g/mol. The van der Waals surface area contributed by atoms with Gasteiger partial charge in [-0.1, -0.05) is 12.1 Å². The third kappa shape index (κ3) is 2.93. The normalized spacial score (nSPS) is 10.2. The smallest absolute Gasteiger partial charge is 0.259 e. The molecule has 0 radical (unpaired) electrons. The maximum atomic E-state index is 13.8. The first-order valence-electron chi connectivity index (χ1n) is 6.38. The lowest BCUT2D eigenvalue weighted by atomic mass is 10.1. The molecular formula is C15H16FN3O. The van der Waals surface area contributed by atoms with E-state index < -0.39 is 5.82 Å². The van der Waals surface area contributed by atoms with Gasteiger partial charge in [-0.3, -0.25) is 4.79 Å². The molecule has 1 aromatic heterocycles. The molecule has 0 spiro atoms. The molecule has 1 amide bonds. The molecule has 2 aromatic rings. The van der Waals surface area contributed by atoms with E-state index in [2.05, 4.69) is 15.6 Å². The second-order valence-electron chi connectivity index (χ2n) is 4.32. The summed E-state index contributed by atoms with van der Waals surface area (Å²) in [5.41, 5.74) is 1.32. The number of carbonyl (C=O) groups excluding carboxylic acids is 1. The maximum absolute atomic E-state index is 13.8. The van der Waals surface area contributed by atoms with Crippen molar-refractivity contribution in [2.75, 3.05) is 17.2 Å². The van der Waals surface area contributed by atoms with Gasteiger partial charge in [-0.2, -0.15) is 0 Å². The van der Waals surface area contributed by atoms with Gasteiger partial charge in [0.2, 0.25) is 0 Å². The number of amides is 1. The molecule has 0 aliphatic carbocycles. The lowest BCUT2D eigenvalue weighted by Crippen LogP contribution is -2.17. The summed E-state index contributed by atoms with van der Waals surface area (Å²) < 4.78 is 13.8. The molecule has 1 aromatic carbocycles. The largest absolute Gasteiger partial charge is 0.382 e. The summed E-state index contributed by atoms with van der Waals surface area (Å²) in [7, 11) is 0. The van der Waals surface area contributed by atoms with Gasteiger partial charge < -0.3 is 10.6 Å². The SMILES string of the molecule is CCNc1c(F)cccc1C(=O)Nc1ncccc1C. The van der Waals surface area contributed by atoms with Crippen LogP contribution in [0.1, 0.15) is 22.8 Å². The fraction of sp³-hybridized carbons (Fsp3) is 0.200. The Bertz CT molecular complexity index is 628. The van der Waals surface area contributed by atoms with Crippen molar-refractivity contribution in [3.63, 3.8) is 0 Å². The van der Waals surface area contributed by atoms with Crippen LogP contribution in [0.3, 0.4) is 0 Å². The summed E-state index contributed by atoms with van der Waals surface area (Å²) >= 11 is 0. The van der Waals surface area contributed by atoms with Gasteiger partial charge in [-0.15, -0.1) is 0 Å². The summed E-state index contributed by atoms with van der Waals surface area (Å²) in [6.07, 6.45) is 1.60. The number of nitrogens with one attached hydrogen (secondary N) is 2. The lowest BCUT2D eigenvalue weighted by molar-refractivity contribution is 0.102. The van der Waals surface area contributed by atoms with Gasteiger partial charge in [0.25, 0.3) is 5.91 Å². The molecule has 104 valence electrons. The number of benzene rings is 1. The van der Waals surface area contributed by atoms with E-state index in [9.17, 15) is 9.18 Å². The zero-order valence-electron chi connectivity index (χ0n) is 11.4. The molecule has 20 heavy (non-hydrogen) atoms. The van der Waals surface area contributed by atoms with Crippen LogP contribution in [0, 0.1) is 12.7 Å². The first-order chi connectivity index (χ1) is 9.63. The van der Waals surface area contributed by atoms with Gasteiger partial charge >= 0.3 is 0 Å². The highest BCUT2D eigenvalue weighted by Crippen LogP contribution is 2.21. The van der Waals surface area contributed by atoms with Gasteiger partial charge in [0.05, 0.1) is 11.3 Å². The Labute approximate surface area is 117 Å². The molecule has 2 rings (SSSR count). The summed E-state index contributed by atoms with van der Waals surface area (Å²) in [4.78, 5) is 16.4. The van der Waals surface area contributed by atoms with Gasteiger partial charge in [0, 0.05) is 12.7 Å².